The summed E-state index contributed by atoms with van der Waals surface area (Å²) in [5.74, 6) is 1.59. The normalized spacial score (nSPS) is 16.8. The van der Waals surface area contributed by atoms with Gasteiger partial charge in [0.1, 0.15) is 11.2 Å². The summed E-state index contributed by atoms with van der Waals surface area (Å²) in [4.78, 5) is 29.8. The zero-order valence-electron chi connectivity index (χ0n) is 53.5. The van der Waals surface area contributed by atoms with E-state index in [0.717, 1.165) is 143 Å². The molecule has 6 aliphatic rings. The van der Waals surface area contributed by atoms with E-state index in [-0.39, 0.29) is 17.4 Å². The Kier molecular flexibility index (Phi) is 27.6. The van der Waals surface area contributed by atoms with E-state index in [2.05, 4.69) is 223 Å². The molecule has 18 heteroatoms. The first-order valence-corrected chi connectivity index (χ1v) is 35.4. The summed E-state index contributed by atoms with van der Waals surface area (Å²) in [7, 11) is 0. The van der Waals surface area contributed by atoms with Crippen molar-refractivity contribution in [3.63, 3.8) is 0 Å². The van der Waals surface area contributed by atoms with Gasteiger partial charge in [-0.25, -0.2) is 24.9 Å². The van der Waals surface area contributed by atoms with Crippen LogP contribution >= 0.6 is 61.1 Å². The number of fused-ring (bicyclic) bond motifs is 4. The molecule has 0 amide bonds. The van der Waals surface area contributed by atoms with Gasteiger partial charge in [0.05, 0.1) is 27.0 Å². The Bertz CT molecular complexity index is 3800. The molecule has 11 heterocycles. The molecular formula is C77H82BrF2I2N9O4. The molecule has 0 radical (unpaired) electrons. The van der Waals surface area contributed by atoms with Gasteiger partial charge >= 0.3 is 0 Å². The maximum atomic E-state index is 12.2. The Labute approximate surface area is 594 Å². The van der Waals surface area contributed by atoms with Crippen LogP contribution in [0.4, 0.5) is 8.78 Å². The van der Waals surface area contributed by atoms with Gasteiger partial charge in [0.25, 0.3) is 0 Å². The molecule has 2 spiro atoms. The van der Waals surface area contributed by atoms with Crippen LogP contribution in [-0.4, -0.2) is 128 Å². The fourth-order valence-electron chi connectivity index (χ4n) is 12.3. The van der Waals surface area contributed by atoms with Crippen molar-refractivity contribution in [3.05, 3.63) is 293 Å². The van der Waals surface area contributed by atoms with Crippen LogP contribution < -0.4 is 14.2 Å². The molecule has 5 aromatic heterocycles. The number of piperidine rings is 2. The summed E-state index contributed by atoms with van der Waals surface area (Å²) in [6.07, 6.45) is 17.6. The number of aromatic nitrogens is 5. The topological polar surface area (TPSA) is 125 Å². The summed E-state index contributed by atoms with van der Waals surface area (Å²) in [5, 5.41) is 8.98. The second-order valence-electron chi connectivity index (χ2n) is 24.3. The van der Waals surface area contributed by atoms with Gasteiger partial charge < -0.3 is 19.3 Å². The van der Waals surface area contributed by atoms with Crippen molar-refractivity contribution in [2.75, 3.05) is 78.8 Å². The van der Waals surface area contributed by atoms with E-state index in [1.807, 2.05) is 59.1 Å². The van der Waals surface area contributed by atoms with Crippen LogP contribution in [0.3, 0.4) is 0 Å². The molecule has 13 nitrogen and oxygen atoms in total. The number of benzene rings is 4. The van der Waals surface area contributed by atoms with E-state index < -0.39 is 11.9 Å². The standard InChI is InChI=1S/C18H19BrN2O.C18H19IN2O.C18H20N2O.C13H17NO.C5H3FIN.C5H4FN/c19-16-7-6-15-17(20-16)22-13-18(15)8-10-21(11-9-18)12-14-4-2-1-3-5-14;19-17-7-4-10-20-18(17)22-14-16-8-11-21(12-9-16)13-15-5-2-1-3-6-15;1-2-5-15(6-3-1)13-20-11-8-18(9-12-20)14-21-17-16(18)7-4-10-19-17;15-11-13-6-8-14(9-7-13)10-12-4-2-1-3-5-12;6-5-4(7)2-1-3-8-5;6-5-3-1-2-4-7-5/h1-7H,8-13H2;1-8,10H,9,11-14H2;1-7,10H,8-9,11-14H2;1-6,15H,7-11H2;1-3H;1-4H. The van der Waals surface area contributed by atoms with Gasteiger partial charge in [-0.15, -0.1) is 0 Å². The van der Waals surface area contributed by atoms with Crippen molar-refractivity contribution in [2.45, 2.75) is 75.5 Å². The lowest BCUT2D eigenvalue weighted by Gasteiger charge is -2.38. The molecule has 0 bridgehead atoms. The molecule has 4 aromatic carbocycles. The quantitative estimate of drug-likeness (QED) is 0.0709. The van der Waals surface area contributed by atoms with Crippen LogP contribution in [-0.2, 0) is 37.0 Å². The van der Waals surface area contributed by atoms with Gasteiger partial charge in [0, 0.05) is 99.1 Å². The molecule has 0 aliphatic carbocycles. The number of nitrogens with zero attached hydrogens (tertiary/aromatic N) is 9. The number of rotatable bonds is 12. The summed E-state index contributed by atoms with van der Waals surface area (Å²) >= 11 is 7.57. The highest BCUT2D eigenvalue weighted by atomic mass is 127. The first-order valence-electron chi connectivity index (χ1n) is 32.5. The first kappa shape index (κ1) is 70.9. The van der Waals surface area contributed by atoms with Crippen molar-refractivity contribution >= 4 is 61.1 Å². The average Bonchev–Trinajstić information content (AvgIpc) is 1.65. The van der Waals surface area contributed by atoms with Gasteiger partial charge in [0.15, 0.2) is 0 Å². The molecular weight excluding hydrogens is 1490 g/mol. The predicted octanol–water partition coefficient (Wildman–Crippen LogP) is 15.5. The number of pyridine rings is 5. The molecule has 2 fully saturated rings. The molecule has 0 unspecified atom stereocenters. The lowest BCUT2D eigenvalue weighted by molar-refractivity contribution is 0.130. The fourth-order valence-corrected chi connectivity index (χ4v) is 13.4. The minimum absolute atomic E-state index is 0.177. The van der Waals surface area contributed by atoms with Crippen molar-refractivity contribution in [1.29, 1.82) is 0 Å². The number of hydrogen-bond donors (Lipinski definition) is 1. The smallest absolute Gasteiger partial charge is 0.227 e. The van der Waals surface area contributed by atoms with Gasteiger partial charge in [-0.1, -0.05) is 152 Å². The van der Waals surface area contributed by atoms with Crippen molar-refractivity contribution < 1.29 is 28.1 Å². The predicted molar refractivity (Wildman–Crippen MR) is 392 cm³/mol. The SMILES string of the molecule is Brc1ccc2c(n1)OCC21CCN(Cc2ccccc2)CC1.Fc1ccccn1.Fc1ncccc1I.Ic1cccnc1OCC1=CCN(Cc2ccccc2)CC1.OCC1=CCN(Cc2ccccc2)CC1.c1ccc(CN2CCC3(CC2)COc2ncccc23)cc1. The Morgan fingerprint density at radius 2 is 0.916 bits per heavy atom. The van der Waals surface area contributed by atoms with Crippen LogP contribution in [0.1, 0.15) is 71.9 Å². The number of aliphatic hydroxyl groups excluding tert-OH is 1. The summed E-state index contributed by atoms with van der Waals surface area (Å²) in [6, 6.07) is 62.9. The lowest BCUT2D eigenvalue weighted by atomic mass is 9.75. The highest BCUT2D eigenvalue weighted by molar-refractivity contribution is 14.1. The van der Waals surface area contributed by atoms with Crippen LogP contribution in [0.5, 0.6) is 17.6 Å². The fraction of sp³-hybridized carbons (Fsp3) is 0.312. The Morgan fingerprint density at radius 3 is 1.36 bits per heavy atom. The van der Waals surface area contributed by atoms with Gasteiger partial charge in [-0.3, -0.25) is 19.6 Å². The molecule has 494 valence electrons. The number of likely N-dealkylation sites (tertiary alicyclic amines) is 2. The molecule has 0 saturated carbocycles. The summed E-state index contributed by atoms with van der Waals surface area (Å²) in [6.45, 7) is 15.2. The Balaban J connectivity index is 0.000000129. The minimum Gasteiger partial charge on any atom is -0.476 e. The number of aliphatic hydroxyl groups is 1. The third kappa shape index (κ3) is 21.8. The third-order valence-electron chi connectivity index (χ3n) is 17.8. The van der Waals surface area contributed by atoms with Crippen molar-refractivity contribution in [1.82, 2.24) is 44.5 Å². The largest absolute Gasteiger partial charge is 0.476 e. The maximum Gasteiger partial charge on any atom is 0.227 e. The molecule has 0 atom stereocenters. The zero-order valence-corrected chi connectivity index (χ0v) is 59.4. The molecule has 6 aliphatic heterocycles. The van der Waals surface area contributed by atoms with E-state index in [1.165, 1.54) is 75.8 Å². The van der Waals surface area contributed by atoms with Gasteiger partial charge in [-0.05, 0) is 208 Å². The molecule has 95 heavy (non-hydrogen) atoms. The van der Waals surface area contributed by atoms with E-state index in [9.17, 15) is 8.78 Å². The van der Waals surface area contributed by atoms with Crippen molar-refractivity contribution in [3.8, 4) is 17.6 Å². The minimum atomic E-state index is -0.428. The molecule has 2 saturated heterocycles. The Morgan fingerprint density at radius 1 is 0.463 bits per heavy atom. The lowest BCUT2D eigenvalue weighted by Crippen LogP contribution is -2.43. The number of halogens is 5. The highest BCUT2D eigenvalue weighted by Gasteiger charge is 2.45. The molecule has 1 N–H and O–H groups in total. The molecule has 15 rings (SSSR count). The summed E-state index contributed by atoms with van der Waals surface area (Å²) < 4.78 is 44.0. The van der Waals surface area contributed by atoms with E-state index in [0.29, 0.717) is 10.2 Å². The average molecular weight is 1570 g/mol. The maximum absolute atomic E-state index is 12.2. The zero-order chi connectivity index (χ0) is 65.9. The van der Waals surface area contributed by atoms with E-state index in [1.54, 1.807) is 30.5 Å². The summed E-state index contributed by atoms with van der Waals surface area (Å²) in [5.41, 5.74) is 11.1. The third-order valence-corrected chi connectivity index (χ3v) is 19.8. The highest BCUT2D eigenvalue weighted by Crippen LogP contribution is 2.46. The van der Waals surface area contributed by atoms with Crippen LogP contribution in [0.2, 0.25) is 0 Å². The van der Waals surface area contributed by atoms with Gasteiger partial charge in [0.2, 0.25) is 29.5 Å². The number of hydrogen-bond acceptors (Lipinski definition) is 13. The second-order valence-corrected chi connectivity index (χ2v) is 27.5. The van der Waals surface area contributed by atoms with Crippen LogP contribution in [0, 0.1) is 19.0 Å². The Hall–Kier alpha value is -6.89. The van der Waals surface area contributed by atoms with Gasteiger partial charge in [-0.2, -0.15) is 8.78 Å². The van der Waals surface area contributed by atoms with Crippen LogP contribution in [0.25, 0.3) is 0 Å². The van der Waals surface area contributed by atoms with E-state index in [4.69, 9.17) is 19.3 Å². The monoisotopic (exact) mass is 1570 g/mol. The van der Waals surface area contributed by atoms with Crippen molar-refractivity contribution in [2.24, 2.45) is 0 Å². The van der Waals surface area contributed by atoms with Crippen LogP contribution in [0.15, 0.2) is 241 Å². The first-order chi connectivity index (χ1) is 46.5. The second kappa shape index (κ2) is 37.0. The molecule has 9 aromatic rings. The van der Waals surface area contributed by atoms with E-state index >= 15 is 0 Å². The number of ether oxygens (including phenoxy) is 3.